The highest BCUT2D eigenvalue weighted by Crippen LogP contribution is 2.54. The SMILES string of the molecule is O=C(N1CC(c2nnc(-c3ccncc3)o2)C2(CCOCC2)C1)C1(c2ccccc2)CC1. The number of benzene rings is 1. The summed E-state index contributed by atoms with van der Waals surface area (Å²) in [6.45, 7) is 2.74. The Morgan fingerprint density at radius 3 is 2.44 bits per heavy atom. The van der Waals surface area contributed by atoms with E-state index in [-0.39, 0.29) is 22.7 Å². The van der Waals surface area contributed by atoms with Gasteiger partial charge in [0.15, 0.2) is 0 Å². The van der Waals surface area contributed by atoms with Crippen LogP contribution < -0.4 is 0 Å². The van der Waals surface area contributed by atoms with Gasteiger partial charge in [0.05, 0.1) is 11.3 Å². The molecule has 2 aliphatic heterocycles. The number of ether oxygens (including phenoxy) is 1. The van der Waals surface area contributed by atoms with Gasteiger partial charge in [-0.05, 0) is 43.4 Å². The number of amides is 1. The van der Waals surface area contributed by atoms with Gasteiger partial charge < -0.3 is 14.1 Å². The molecule has 1 atom stereocenters. The molecule has 1 aliphatic carbocycles. The van der Waals surface area contributed by atoms with E-state index in [4.69, 9.17) is 9.15 Å². The zero-order valence-electron chi connectivity index (χ0n) is 17.9. The fourth-order valence-electron chi connectivity index (χ4n) is 5.55. The van der Waals surface area contributed by atoms with Crippen LogP contribution in [0.25, 0.3) is 11.5 Å². The van der Waals surface area contributed by atoms with Crippen LogP contribution in [0.2, 0.25) is 0 Å². The minimum atomic E-state index is -0.362. The molecule has 3 fully saturated rings. The molecule has 7 heteroatoms. The molecule has 3 aromatic rings. The van der Waals surface area contributed by atoms with Gasteiger partial charge in [-0.1, -0.05) is 30.3 Å². The van der Waals surface area contributed by atoms with Crippen LogP contribution >= 0.6 is 0 Å². The topological polar surface area (TPSA) is 81.4 Å². The average molecular weight is 431 g/mol. The van der Waals surface area contributed by atoms with Gasteiger partial charge in [-0.15, -0.1) is 10.2 Å². The van der Waals surface area contributed by atoms with E-state index in [0.717, 1.165) is 43.4 Å². The lowest BCUT2D eigenvalue weighted by Gasteiger charge is -2.36. The first-order chi connectivity index (χ1) is 15.7. The summed E-state index contributed by atoms with van der Waals surface area (Å²) in [5, 5.41) is 8.75. The number of hydrogen-bond donors (Lipinski definition) is 0. The van der Waals surface area contributed by atoms with Crippen LogP contribution in [0.4, 0.5) is 0 Å². The predicted molar refractivity (Wildman–Crippen MR) is 117 cm³/mol. The van der Waals surface area contributed by atoms with Crippen molar-refractivity contribution in [2.24, 2.45) is 5.41 Å². The molecular formula is C25H26N4O3. The summed E-state index contributed by atoms with van der Waals surface area (Å²) in [5.41, 5.74) is 1.54. The van der Waals surface area contributed by atoms with Gasteiger partial charge in [0.1, 0.15) is 0 Å². The molecule has 1 spiro atoms. The van der Waals surface area contributed by atoms with Crippen LogP contribution in [0.5, 0.6) is 0 Å². The smallest absolute Gasteiger partial charge is 0.247 e. The van der Waals surface area contributed by atoms with Crippen molar-refractivity contribution in [3.05, 3.63) is 66.3 Å². The molecule has 4 heterocycles. The molecule has 3 aliphatic rings. The normalized spacial score (nSPS) is 23.4. The van der Waals surface area contributed by atoms with E-state index in [0.29, 0.717) is 31.5 Å². The Morgan fingerprint density at radius 1 is 0.969 bits per heavy atom. The molecule has 0 N–H and O–H groups in total. The van der Waals surface area contributed by atoms with E-state index < -0.39 is 0 Å². The molecule has 164 valence electrons. The largest absolute Gasteiger partial charge is 0.420 e. The molecule has 1 amide bonds. The third kappa shape index (κ3) is 3.14. The van der Waals surface area contributed by atoms with Gasteiger partial charge in [0.2, 0.25) is 17.7 Å². The summed E-state index contributed by atoms with van der Waals surface area (Å²) in [5.74, 6) is 1.38. The second kappa shape index (κ2) is 7.52. The Labute approximate surface area is 186 Å². The molecule has 2 saturated heterocycles. The Kier molecular flexibility index (Phi) is 4.61. The van der Waals surface area contributed by atoms with Crippen LogP contribution in [-0.4, -0.2) is 52.3 Å². The molecule has 1 unspecified atom stereocenters. The summed E-state index contributed by atoms with van der Waals surface area (Å²) >= 11 is 0. The van der Waals surface area contributed by atoms with Crippen molar-refractivity contribution in [2.45, 2.75) is 37.0 Å². The summed E-state index contributed by atoms with van der Waals surface area (Å²) < 4.78 is 11.8. The first-order valence-corrected chi connectivity index (χ1v) is 11.4. The Morgan fingerprint density at radius 2 is 1.72 bits per heavy atom. The van der Waals surface area contributed by atoms with Crippen molar-refractivity contribution >= 4 is 5.91 Å². The van der Waals surface area contributed by atoms with Crippen LogP contribution in [0.1, 0.15) is 43.1 Å². The van der Waals surface area contributed by atoms with E-state index in [2.05, 4.69) is 32.2 Å². The number of likely N-dealkylation sites (tertiary alicyclic amines) is 1. The van der Waals surface area contributed by atoms with Crippen molar-refractivity contribution in [1.29, 1.82) is 0 Å². The number of aromatic nitrogens is 3. The van der Waals surface area contributed by atoms with Crippen molar-refractivity contribution in [3.8, 4) is 11.5 Å². The maximum atomic E-state index is 13.8. The molecule has 32 heavy (non-hydrogen) atoms. The maximum absolute atomic E-state index is 13.8. The number of nitrogens with zero attached hydrogens (tertiary/aromatic N) is 4. The maximum Gasteiger partial charge on any atom is 0.247 e. The first-order valence-electron chi connectivity index (χ1n) is 11.4. The second-order valence-electron chi connectivity index (χ2n) is 9.34. The number of hydrogen-bond acceptors (Lipinski definition) is 6. The lowest BCUT2D eigenvalue weighted by atomic mass is 9.72. The van der Waals surface area contributed by atoms with E-state index in [1.807, 2.05) is 30.3 Å². The first kappa shape index (κ1) is 19.6. The third-order valence-electron chi connectivity index (χ3n) is 7.58. The average Bonchev–Trinajstić information content (AvgIpc) is 3.39. The predicted octanol–water partition coefficient (Wildman–Crippen LogP) is 3.59. The Hall–Kier alpha value is -3.06. The molecule has 0 radical (unpaired) electrons. The summed E-state index contributed by atoms with van der Waals surface area (Å²) in [6, 6.07) is 13.9. The molecule has 1 saturated carbocycles. The molecular weight excluding hydrogens is 404 g/mol. The van der Waals surface area contributed by atoms with Gasteiger partial charge in [0, 0.05) is 49.7 Å². The van der Waals surface area contributed by atoms with Crippen LogP contribution in [0.3, 0.4) is 0 Å². The highest BCUT2D eigenvalue weighted by molar-refractivity contribution is 5.91. The third-order valence-corrected chi connectivity index (χ3v) is 7.58. The van der Waals surface area contributed by atoms with E-state index in [9.17, 15) is 4.79 Å². The second-order valence-corrected chi connectivity index (χ2v) is 9.34. The van der Waals surface area contributed by atoms with Crippen LogP contribution in [0, 0.1) is 5.41 Å². The number of pyridine rings is 1. The fourth-order valence-corrected chi connectivity index (χ4v) is 5.55. The summed E-state index contributed by atoms with van der Waals surface area (Å²) in [6.07, 6.45) is 7.06. The molecule has 0 bridgehead atoms. The van der Waals surface area contributed by atoms with Crippen LogP contribution in [0.15, 0.2) is 59.3 Å². The van der Waals surface area contributed by atoms with Crippen molar-refractivity contribution in [1.82, 2.24) is 20.1 Å². The van der Waals surface area contributed by atoms with Crippen molar-refractivity contribution in [2.75, 3.05) is 26.3 Å². The Bertz CT molecular complexity index is 1100. The quantitative estimate of drug-likeness (QED) is 0.629. The zero-order chi connectivity index (χ0) is 21.6. The van der Waals surface area contributed by atoms with Gasteiger partial charge in [-0.3, -0.25) is 9.78 Å². The molecule has 7 nitrogen and oxygen atoms in total. The highest BCUT2D eigenvalue weighted by atomic mass is 16.5. The molecule has 1 aromatic carbocycles. The van der Waals surface area contributed by atoms with Gasteiger partial charge in [-0.2, -0.15) is 0 Å². The van der Waals surface area contributed by atoms with Gasteiger partial charge >= 0.3 is 0 Å². The van der Waals surface area contributed by atoms with Crippen molar-refractivity contribution in [3.63, 3.8) is 0 Å². The van der Waals surface area contributed by atoms with Gasteiger partial charge in [0.25, 0.3) is 0 Å². The number of carbonyl (C=O) groups excluding carboxylic acids is 1. The Balaban J connectivity index is 1.31. The van der Waals surface area contributed by atoms with Crippen molar-refractivity contribution < 1.29 is 13.9 Å². The van der Waals surface area contributed by atoms with Gasteiger partial charge in [-0.25, -0.2) is 0 Å². The molecule has 6 rings (SSSR count). The van der Waals surface area contributed by atoms with E-state index >= 15 is 0 Å². The fraction of sp³-hybridized carbons (Fsp3) is 0.440. The molecule has 2 aromatic heterocycles. The minimum absolute atomic E-state index is 0.0185. The standard InChI is InChI=1S/C25H26N4O3/c30-23(25(8-9-25)19-4-2-1-3-5-19)29-16-20(24(17-29)10-14-31-15-11-24)22-28-27-21(32-22)18-6-12-26-13-7-18/h1-7,12-13,20H,8-11,14-17H2. The highest BCUT2D eigenvalue weighted by Gasteiger charge is 2.58. The van der Waals surface area contributed by atoms with E-state index in [1.54, 1.807) is 12.4 Å². The number of carbonyl (C=O) groups is 1. The summed E-state index contributed by atoms with van der Waals surface area (Å²) in [4.78, 5) is 19.9. The lowest BCUT2D eigenvalue weighted by Crippen LogP contribution is -2.40. The lowest BCUT2D eigenvalue weighted by molar-refractivity contribution is -0.133. The summed E-state index contributed by atoms with van der Waals surface area (Å²) in [7, 11) is 0. The van der Waals surface area contributed by atoms with Crippen LogP contribution in [-0.2, 0) is 14.9 Å². The number of rotatable bonds is 4. The zero-order valence-corrected chi connectivity index (χ0v) is 17.9. The minimum Gasteiger partial charge on any atom is -0.420 e. The van der Waals surface area contributed by atoms with E-state index in [1.165, 1.54) is 0 Å². The monoisotopic (exact) mass is 430 g/mol.